The third-order valence-electron chi connectivity index (χ3n) is 1.43. The van der Waals surface area contributed by atoms with Gasteiger partial charge in [-0.2, -0.15) is 0 Å². The van der Waals surface area contributed by atoms with Gasteiger partial charge in [0.25, 0.3) is 5.91 Å². The predicted octanol–water partition coefficient (Wildman–Crippen LogP) is -0.889. The molecular formula is C3H7N2O4P. The van der Waals surface area contributed by atoms with Crippen molar-refractivity contribution < 1.29 is 18.1 Å². The van der Waals surface area contributed by atoms with E-state index in [0.29, 0.717) is 0 Å². The lowest BCUT2D eigenvalue weighted by Gasteiger charge is -2.30. The average molecular weight is 166 g/mol. The fourth-order valence-electron chi connectivity index (χ4n) is 0.954. The molecule has 10 heavy (non-hydrogen) atoms. The molecule has 0 aromatic heterocycles. The Balaban J connectivity index is 2.24. The van der Waals surface area contributed by atoms with Gasteiger partial charge in [-0.15, -0.1) is 0 Å². The highest BCUT2D eigenvalue weighted by molar-refractivity contribution is 7.50. The standard InChI is InChI=1S/C3H7N2O4P/c4-1-2-3(5)8-10(6,7-2)9-3/h2H,1,4-5H2. The number of hydrogen-bond acceptors (Lipinski definition) is 6. The van der Waals surface area contributed by atoms with E-state index in [9.17, 15) is 4.57 Å². The summed E-state index contributed by atoms with van der Waals surface area (Å²) in [4.78, 5) is 0. The van der Waals surface area contributed by atoms with Crippen LogP contribution in [0, 0.1) is 0 Å². The summed E-state index contributed by atoms with van der Waals surface area (Å²) in [5, 5.41) is 0. The van der Waals surface area contributed by atoms with Crippen LogP contribution in [0.25, 0.3) is 0 Å². The van der Waals surface area contributed by atoms with Gasteiger partial charge in [-0.05, 0) is 0 Å². The summed E-state index contributed by atoms with van der Waals surface area (Å²) in [6, 6.07) is 0. The van der Waals surface area contributed by atoms with Crippen molar-refractivity contribution in [2.75, 3.05) is 6.54 Å². The second-order valence-electron chi connectivity index (χ2n) is 2.18. The smallest absolute Gasteiger partial charge is 0.328 e. The van der Waals surface area contributed by atoms with Crippen LogP contribution in [0.2, 0.25) is 0 Å². The van der Waals surface area contributed by atoms with Gasteiger partial charge < -0.3 is 5.73 Å². The number of phosphoric ester groups is 1. The van der Waals surface area contributed by atoms with Gasteiger partial charge in [0, 0.05) is 6.54 Å². The highest BCUT2D eigenvalue weighted by Crippen LogP contribution is 2.71. The molecule has 0 saturated carbocycles. The van der Waals surface area contributed by atoms with Crippen LogP contribution in [0.5, 0.6) is 0 Å². The lowest BCUT2D eigenvalue weighted by Crippen LogP contribution is -2.55. The molecule has 0 aromatic rings. The summed E-state index contributed by atoms with van der Waals surface area (Å²) in [6.07, 6.45) is -0.599. The van der Waals surface area contributed by atoms with Crippen LogP contribution in [-0.2, 0) is 18.1 Å². The molecule has 3 heterocycles. The minimum absolute atomic E-state index is 0.139. The molecule has 6 nitrogen and oxygen atoms in total. The summed E-state index contributed by atoms with van der Waals surface area (Å²) in [5.74, 6) is -1.34. The van der Waals surface area contributed by atoms with E-state index >= 15 is 0 Å². The topological polar surface area (TPSA) is 96.8 Å². The molecule has 4 N–H and O–H groups in total. The minimum atomic E-state index is -3.24. The van der Waals surface area contributed by atoms with Gasteiger partial charge in [-0.25, -0.2) is 13.6 Å². The van der Waals surface area contributed by atoms with Crippen molar-refractivity contribution in [2.24, 2.45) is 11.5 Å². The highest BCUT2D eigenvalue weighted by atomic mass is 31.2. The number of phosphoric acid groups is 1. The molecule has 3 aliphatic rings. The Morgan fingerprint density at radius 1 is 1.60 bits per heavy atom. The fraction of sp³-hybridized carbons (Fsp3) is 1.00. The molecule has 3 saturated heterocycles. The zero-order valence-electron chi connectivity index (χ0n) is 5.02. The quantitative estimate of drug-likeness (QED) is 0.490. The summed E-state index contributed by atoms with van der Waals surface area (Å²) in [5.41, 5.74) is 10.6. The molecule has 3 fully saturated rings. The fourth-order valence-corrected chi connectivity index (χ4v) is 2.53. The van der Waals surface area contributed by atoms with E-state index in [1.165, 1.54) is 0 Å². The van der Waals surface area contributed by atoms with E-state index in [4.69, 9.17) is 16.0 Å². The summed E-state index contributed by atoms with van der Waals surface area (Å²) in [7, 11) is -3.24. The van der Waals surface area contributed by atoms with Gasteiger partial charge in [-0.1, -0.05) is 0 Å². The van der Waals surface area contributed by atoms with E-state index in [1.807, 2.05) is 0 Å². The van der Waals surface area contributed by atoms with Gasteiger partial charge in [-0.3, -0.25) is 10.3 Å². The molecule has 1 atom stereocenters. The maximum atomic E-state index is 10.9. The first-order valence-corrected chi connectivity index (χ1v) is 4.23. The van der Waals surface area contributed by atoms with Crippen molar-refractivity contribution >= 4 is 7.82 Å². The number of hydrogen-bond donors (Lipinski definition) is 2. The monoisotopic (exact) mass is 166 g/mol. The second-order valence-corrected chi connectivity index (χ2v) is 3.65. The Morgan fingerprint density at radius 2 is 2.20 bits per heavy atom. The molecule has 0 amide bonds. The van der Waals surface area contributed by atoms with Crippen molar-refractivity contribution in [3.05, 3.63) is 0 Å². The van der Waals surface area contributed by atoms with Crippen LogP contribution in [-0.4, -0.2) is 18.6 Å². The molecular weight excluding hydrogens is 159 g/mol. The molecule has 0 radical (unpaired) electrons. The first kappa shape index (κ1) is 6.72. The van der Waals surface area contributed by atoms with E-state index in [0.717, 1.165) is 0 Å². The summed E-state index contributed by atoms with van der Waals surface area (Å²) in [6.45, 7) is 0.139. The maximum absolute atomic E-state index is 10.9. The van der Waals surface area contributed by atoms with Crippen LogP contribution in [0.15, 0.2) is 0 Å². The van der Waals surface area contributed by atoms with E-state index < -0.39 is 19.8 Å². The van der Waals surface area contributed by atoms with E-state index in [-0.39, 0.29) is 6.54 Å². The SMILES string of the molecule is NCC1OP2(=O)OC1(N)O2. The average Bonchev–Trinajstić information content (AvgIpc) is 2.13. The largest absolute Gasteiger partial charge is 0.482 e. The van der Waals surface area contributed by atoms with Crippen LogP contribution < -0.4 is 11.5 Å². The molecule has 2 bridgehead atoms. The maximum Gasteiger partial charge on any atom is 0.482 e. The minimum Gasteiger partial charge on any atom is -0.328 e. The van der Waals surface area contributed by atoms with Crippen LogP contribution in [0.1, 0.15) is 0 Å². The highest BCUT2D eigenvalue weighted by Gasteiger charge is 2.69. The second kappa shape index (κ2) is 1.61. The first-order valence-electron chi connectivity index (χ1n) is 2.77. The van der Waals surface area contributed by atoms with Crippen molar-refractivity contribution in [1.82, 2.24) is 0 Å². The zero-order chi connectivity index (χ0) is 7.41. The Labute approximate surface area is 57.0 Å². The van der Waals surface area contributed by atoms with Gasteiger partial charge in [0.15, 0.2) is 6.10 Å². The molecule has 7 heteroatoms. The molecule has 3 aliphatic heterocycles. The van der Waals surface area contributed by atoms with E-state index in [2.05, 4.69) is 9.05 Å². The molecule has 1 unspecified atom stereocenters. The zero-order valence-corrected chi connectivity index (χ0v) is 5.91. The summed E-state index contributed by atoms with van der Waals surface area (Å²) < 4.78 is 24.9. The molecule has 0 aliphatic carbocycles. The van der Waals surface area contributed by atoms with Gasteiger partial charge >= 0.3 is 7.82 Å². The van der Waals surface area contributed by atoms with Crippen molar-refractivity contribution in [1.29, 1.82) is 0 Å². The van der Waals surface area contributed by atoms with Crippen LogP contribution in [0.4, 0.5) is 0 Å². The molecule has 0 spiro atoms. The van der Waals surface area contributed by atoms with Crippen molar-refractivity contribution in [3.8, 4) is 0 Å². The van der Waals surface area contributed by atoms with Crippen molar-refractivity contribution in [3.63, 3.8) is 0 Å². The normalized spacial score (nSPS) is 58.4. The first-order chi connectivity index (χ1) is 4.58. The Morgan fingerprint density at radius 3 is 2.40 bits per heavy atom. The van der Waals surface area contributed by atoms with Gasteiger partial charge in [0.05, 0.1) is 0 Å². The number of nitrogens with two attached hydrogens (primary N) is 2. The third kappa shape index (κ3) is 0.633. The lowest BCUT2D eigenvalue weighted by molar-refractivity contribution is -0.176. The van der Waals surface area contributed by atoms with Crippen LogP contribution in [0.3, 0.4) is 0 Å². The third-order valence-corrected chi connectivity index (χ3v) is 2.96. The number of rotatable bonds is 1. The van der Waals surface area contributed by atoms with Crippen molar-refractivity contribution in [2.45, 2.75) is 12.0 Å². The van der Waals surface area contributed by atoms with Gasteiger partial charge in [0.1, 0.15) is 0 Å². The summed E-state index contributed by atoms with van der Waals surface area (Å²) >= 11 is 0. The Kier molecular flexibility index (Phi) is 1.08. The Hall–Kier alpha value is 0.0300. The Bertz CT molecular complexity index is 209. The molecule has 3 rings (SSSR count). The lowest BCUT2D eigenvalue weighted by atomic mass is 10.3. The molecule has 58 valence electrons. The predicted molar refractivity (Wildman–Crippen MR) is 30.6 cm³/mol. The van der Waals surface area contributed by atoms with E-state index in [1.54, 1.807) is 0 Å². The molecule has 0 aromatic carbocycles. The van der Waals surface area contributed by atoms with Crippen LogP contribution >= 0.6 is 7.82 Å². The van der Waals surface area contributed by atoms with Gasteiger partial charge in [0.2, 0.25) is 0 Å². The number of fused-ring (bicyclic) bond motifs is 1.